The van der Waals surface area contributed by atoms with Crippen LogP contribution in [0.2, 0.25) is 0 Å². The molecule has 0 aromatic heterocycles. The van der Waals surface area contributed by atoms with Gasteiger partial charge < -0.3 is 27.0 Å². The molecular weight excluding hydrogens is 384 g/mol. The minimum absolute atomic E-state index is 0.219. The van der Waals surface area contributed by atoms with Crippen molar-refractivity contribution in [2.24, 2.45) is 23.0 Å². The average Bonchev–Trinajstić information content (AvgIpc) is 3.23. The van der Waals surface area contributed by atoms with E-state index in [9.17, 15) is 8.78 Å². The van der Waals surface area contributed by atoms with Gasteiger partial charge in [0, 0.05) is 12.2 Å². The predicted octanol–water partition coefficient (Wildman–Crippen LogP) is 2.47. The van der Waals surface area contributed by atoms with Gasteiger partial charge in [0.05, 0.1) is 12.6 Å². The van der Waals surface area contributed by atoms with Crippen molar-refractivity contribution in [1.29, 1.82) is 0 Å². The highest BCUT2D eigenvalue weighted by Crippen LogP contribution is 2.62. The molecule has 3 heterocycles. The first-order chi connectivity index (χ1) is 14.2. The van der Waals surface area contributed by atoms with E-state index >= 15 is 0 Å². The third-order valence-corrected chi connectivity index (χ3v) is 7.61. The molecular formula is C23H39F2N5. The maximum atomic E-state index is 14.4. The van der Waals surface area contributed by atoms with Crippen LogP contribution in [0.3, 0.4) is 0 Å². The number of halogens is 2. The minimum Gasteiger partial charge on any atom is -0.368 e. The van der Waals surface area contributed by atoms with Gasteiger partial charge in [-0.15, -0.1) is 0 Å². The van der Waals surface area contributed by atoms with Crippen molar-refractivity contribution in [1.82, 2.24) is 21.3 Å². The summed E-state index contributed by atoms with van der Waals surface area (Å²) in [5, 5.41) is 13.1. The van der Waals surface area contributed by atoms with Crippen LogP contribution in [0.1, 0.15) is 52.4 Å². The van der Waals surface area contributed by atoms with Crippen molar-refractivity contribution in [3.8, 4) is 0 Å². The molecule has 4 unspecified atom stereocenters. The van der Waals surface area contributed by atoms with Gasteiger partial charge in [-0.2, -0.15) is 0 Å². The zero-order chi connectivity index (χ0) is 21.4. The Morgan fingerprint density at radius 2 is 2.13 bits per heavy atom. The zero-order valence-corrected chi connectivity index (χ0v) is 18.5. The van der Waals surface area contributed by atoms with Gasteiger partial charge in [-0.1, -0.05) is 6.42 Å². The molecule has 3 fully saturated rings. The van der Waals surface area contributed by atoms with Crippen LogP contribution in [0.15, 0.2) is 23.4 Å². The second kappa shape index (κ2) is 8.49. The standard InChI is InChI=1S/C23H39F2N5/c1-16-9-19(30-21(2,26)11-16)10-18-13-28-14-22(18)12-17(22)6-8-27-15-23(24,25)20-5-3-4-7-29-20/h9,11,17-18,20,27-30H,3-8,10,12-15,26H2,1-2H3/t17?,18-,20?,21?,22?/m0/s1. The molecule has 3 aliphatic heterocycles. The molecule has 2 saturated heterocycles. The Balaban J connectivity index is 1.23. The summed E-state index contributed by atoms with van der Waals surface area (Å²) < 4.78 is 28.8. The highest BCUT2D eigenvalue weighted by atomic mass is 19.3. The van der Waals surface area contributed by atoms with Gasteiger partial charge in [0.15, 0.2) is 0 Å². The number of allylic oxidation sites excluding steroid dienone is 3. The lowest BCUT2D eigenvalue weighted by molar-refractivity contribution is -0.0428. The molecule has 0 aromatic rings. The van der Waals surface area contributed by atoms with Crippen molar-refractivity contribution in [3.63, 3.8) is 0 Å². The van der Waals surface area contributed by atoms with Crippen LogP contribution in [-0.2, 0) is 0 Å². The van der Waals surface area contributed by atoms with Crippen molar-refractivity contribution >= 4 is 0 Å². The Kier molecular flexibility index (Phi) is 6.28. The molecule has 6 N–H and O–H groups in total. The molecule has 5 atom stereocenters. The van der Waals surface area contributed by atoms with Crippen molar-refractivity contribution in [2.75, 3.05) is 32.7 Å². The van der Waals surface area contributed by atoms with Crippen LogP contribution in [0, 0.1) is 17.3 Å². The summed E-state index contributed by atoms with van der Waals surface area (Å²) in [5.41, 5.74) is 8.57. The monoisotopic (exact) mass is 423 g/mol. The van der Waals surface area contributed by atoms with Crippen LogP contribution < -0.4 is 27.0 Å². The van der Waals surface area contributed by atoms with Crippen molar-refractivity contribution in [2.45, 2.75) is 70.0 Å². The SMILES string of the molecule is CC1=CC(C)(N)NC(C[C@H]2CNCC23CC3CCNCC(F)(F)C2CCCCN2)=C1. The summed E-state index contributed by atoms with van der Waals surface area (Å²) in [6.45, 7) is 7.33. The van der Waals surface area contributed by atoms with Crippen molar-refractivity contribution in [3.05, 3.63) is 23.4 Å². The number of alkyl halides is 2. The average molecular weight is 424 g/mol. The molecule has 5 nitrogen and oxygen atoms in total. The van der Waals surface area contributed by atoms with E-state index in [0.29, 0.717) is 36.8 Å². The summed E-state index contributed by atoms with van der Waals surface area (Å²) in [4.78, 5) is 0. The topological polar surface area (TPSA) is 74.1 Å². The molecule has 0 bridgehead atoms. The Morgan fingerprint density at radius 1 is 1.30 bits per heavy atom. The quantitative estimate of drug-likeness (QED) is 0.388. The Morgan fingerprint density at radius 3 is 2.87 bits per heavy atom. The molecule has 4 rings (SSSR count). The summed E-state index contributed by atoms with van der Waals surface area (Å²) in [6.07, 6.45) is 9.93. The maximum absolute atomic E-state index is 14.4. The Labute approximate surface area is 179 Å². The van der Waals surface area contributed by atoms with Gasteiger partial charge in [-0.3, -0.25) is 0 Å². The second-order valence-corrected chi connectivity index (χ2v) is 10.4. The minimum atomic E-state index is -2.67. The van der Waals surface area contributed by atoms with E-state index in [1.54, 1.807) is 0 Å². The first-order valence-electron chi connectivity index (χ1n) is 11.7. The highest BCUT2D eigenvalue weighted by molar-refractivity contribution is 5.31. The molecule has 1 aliphatic carbocycles. The Bertz CT molecular complexity index is 683. The van der Waals surface area contributed by atoms with E-state index in [1.165, 1.54) is 17.7 Å². The van der Waals surface area contributed by atoms with E-state index < -0.39 is 17.6 Å². The fraction of sp³-hybridized carbons (Fsp3) is 0.826. The number of nitrogens with one attached hydrogen (secondary N) is 4. The lowest BCUT2D eigenvalue weighted by Crippen LogP contribution is -2.52. The van der Waals surface area contributed by atoms with E-state index in [2.05, 4.69) is 40.3 Å². The lowest BCUT2D eigenvalue weighted by atomic mass is 9.84. The Hall–Kier alpha value is -1.02. The molecule has 7 heteroatoms. The maximum Gasteiger partial charge on any atom is 0.275 e. The summed E-state index contributed by atoms with van der Waals surface area (Å²) in [6, 6.07) is -0.670. The van der Waals surface area contributed by atoms with E-state index in [1.807, 2.05) is 6.92 Å². The van der Waals surface area contributed by atoms with Crippen molar-refractivity contribution < 1.29 is 8.78 Å². The number of hydrogen-bond donors (Lipinski definition) is 5. The molecule has 30 heavy (non-hydrogen) atoms. The number of dihydropyridines is 1. The van der Waals surface area contributed by atoms with Gasteiger partial charge >= 0.3 is 0 Å². The first kappa shape index (κ1) is 22.2. The third-order valence-electron chi connectivity index (χ3n) is 7.61. The number of nitrogens with two attached hydrogens (primary N) is 1. The fourth-order valence-electron chi connectivity index (χ4n) is 6.06. The molecule has 4 aliphatic rings. The van der Waals surface area contributed by atoms with Gasteiger partial charge in [-0.05, 0) is 101 Å². The van der Waals surface area contributed by atoms with Crippen LogP contribution in [0.25, 0.3) is 0 Å². The van der Waals surface area contributed by atoms with Crippen LogP contribution >= 0.6 is 0 Å². The van der Waals surface area contributed by atoms with Crippen LogP contribution in [-0.4, -0.2) is 50.4 Å². The molecule has 1 saturated carbocycles. The van der Waals surface area contributed by atoms with Gasteiger partial charge in [-0.25, -0.2) is 8.78 Å². The molecule has 0 radical (unpaired) electrons. The van der Waals surface area contributed by atoms with Gasteiger partial charge in [0.25, 0.3) is 5.92 Å². The summed E-state index contributed by atoms with van der Waals surface area (Å²) in [7, 11) is 0. The first-order valence-corrected chi connectivity index (χ1v) is 11.7. The number of piperidine rings is 1. The molecule has 1 spiro atoms. The highest BCUT2D eigenvalue weighted by Gasteiger charge is 2.60. The number of hydrogen-bond acceptors (Lipinski definition) is 5. The van der Waals surface area contributed by atoms with Crippen LogP contribution in [0.4, 0.5) is 8.78 Å². The fourth-order valence-corrected chi connectivity index (χ4v) is 6.06. The van der Waals surface area contributed by atoms with E-state index in [0.717, 1.165) is 38.8 Å². The normalized spacial score (nSPS) is 38.9. The van der Waals surface area contributed by atoms with Gasteiger partial charge in [0.2, 0.25) is 0 Å². The predicted molar refractivity (Wildman–Crippen MR) is 117 cm³/mol. The van der Waals surface area contributed by atoms with E-state index in [4.69, 9.17) is 5.73 Å². The zero-order valence-electron chi connectivity index (χ0n) is 18.5. The van der Waals surface area contributed by atoms with Gasteiger partial charge in [0.1, 0.15) is 5.66 Å². The smallest absolute Gasteiger partial charge is 0.275 e. The van der Waals surface area contributed by atoms with E-state index in [-0.39, 0.29) is 6.54 Å². The largest absolute Gasteiger partial charge is 0.368 e. The molecule has 0 amide bonds. The summed E-state index contributed by atoms with van der Waals surface area (Å²) >= 11 is 0. The molecule has 0 aromatic carbocycles. The summed E-state index contributed by atoms with van der Waals surface area (Å²) in [5.74, 6) is -1.47. The third kappa shape index (κ3) is 4.90. The lowest BCUT2D eigenvalue weighted by Gasteiger charge is -2.32. The van der Waals surface area contributed by atoms with Crippen LogP contribution in [0.5, 0.6) is 0 Å². The molecule has 170 valence electrons. The number of rotatable bonds is 8. The second-order valence-electron chi connectivity index (χ2n) is 10.4.